The van der Waals surface area contributed by atoms with Gasteiger partial charge >= 0.3 is 6.18 Å². The molecule has 0 spiro atoms. The summed E-state index contributed by atoms with van der Waals surface area (Å²) in [5.41, 5.74) is -0.206. The number of nitrogens with zero attached hydrogens (tertiary/aromatic N) is 2. The SMILES string of the molecule is C[C@@H](Oc1ccc(F)cc1)C(=O)N1CCN(c2cccc(C(F)(F)F)c2)CC1. The Morgan fingerprint density at radius 2 is 1.68 bits per heavy atom. The van der Waals surface area contributed by atoms with Crippen LogP contribution >= 0.6 is 0 Å². The van der Waals surface area contributed by atoms with E-state index in [9.17, 15) is 22.4 Å². The molecule has 150 valence electrons. The lowest BCUT2D eigenvalue weighted by Gasteiger charge is -2.37. The van der Waals surface area contributed by atoms with E-state index in [1.807, 2.05) is 4.90 Å². The zero-order valence-electron chi connectivity index (χ0n) is 15.2. The number of piperazine rings is 1. The average Bonchev–Trinajstić information content (AvgIpc) is 2.69. The van der Waals surface area contributed by atoms with E-state index >= 15 is 0 Å². The summed E-state index contributed by atoms with van der Waals surface area (Å²) < 4.78 is 57.2. The highest BCUT2D eigenvalue weighted by atomic mass is 19.4. The fourth-order valence-electron chi connectivity index (χ4n) is 3.09. The van der Waals surface area contributed by atoms with Crippen molar-refractivity contribution in [1.82, 2.24) is 4.90 Å². The van der Waals surface area contributed by atoms with Gasteiger partial charge in [0.15, 0.2) is 6.10 Å². The number of halogens is 4. The van der Waals surface area contributed by atoms with E-state index in [0.717, 1.165) is 12.1 Å². The molecule has 28 heavy (non-hydrogen) atoms. The van der Waals surface area contributed by atoms with Crippen molar-refractivity contribution in [1.29, 1.82) is 0 Å². The average molecular weight is 396 g/mol. The molecule has 2 aromatic carbocycles. The molecule has 3 rings (SSSR count). The van der Waals surface area contributed by atoms with Crippen molar-refractivity contribution < 1.29 is 27.1 Å². The number of alkyl halides is 3. The molecule has 1 atom stereocenters. The van der Waals surface area contributed by atoms with Gasteiger partial charge in [-0.25, -0.2) is 4.39 Å². The minimum atomic E-state index is -4.39. The van der Waals surface area contributed by atoms with Gasteiger partial charge in [0.1, 0.15) is 11.6 Å². The first-order valence-electron chi connectivity index (χ1n) is 8.87. The molecule has 1 aliphatic heterocycles. The van der Waals surface area contributed by atoms with Crippen molar-refractivity contribution in [3.05, 3.63) is 59.9 Å². The second-order valence-corrected chi connectivity index (χ2v) is 6.57. The zero-order chi connectivity index (χ0) is 20.3. The van der Waals surface area contributed by atoms with Crippen LogP contribution in [0.5, 0.6) is 5.75 Å². The molecule has 8 heteroatoms. The summed E-state index contributed by atoms with van der Waals surface area (Å²) >= 11 is 0. The Morgan fingerprint density at radius 3 is 2.29 bits per heavy atom. The van der Waals surface area contributed by atoms with Crippen LogP contribution in [0.4, 0.5) is 23.2 Å². The smallest absolute Gasteiger partial charge is 0.416 e. The van der Waals surface area contributed by atoms with Crippen LogP contribution in [0.15, 0.2) is 48.5 Å². The van der Waals surface area contributed by atoms with Crippen LogP contribution in [-0.2, 0) is 11.0 Å². The van der Waals surface area contributed by atoms with Gasteiger partial charge in [0, 0.05) is 31.9 Å². The third-order valence-corrected chi connectivity index (χ3v) is 4.60. The molecule has 2 aromatic rings. The fourth-order valence-corrected chi connectivity index (χ4v) is 3.09. The number of amides is 1. The first-order chi connectivity index (χ1) is 13.2. The second kappa shape index (κ2) is 8.08. The van der Waals surface area contributed by atoms with Crippen LogP contribution in [0.3, 0.4) is 0 Å². The number of carbonyl (C=O) groups excluding carboxylic acids is 1. The van der Waals surface area contributed by atoms with Gasteiger partial charge in [-0.15, -0.1) is 0 Å². The first-order valence-corrected chi connectivity index (χ1v) is 8.87. The molecule has 1 aliphatic rings. The van der Waals surface area contributed by atoms with Crippen molar-refractivity contribution in [3.63, 3.8) is 0 Å². The predicted octanol–water partition coefficient (Wildman–Crippen LogP) is 3.96. The van der Waals surface area contributed by atoms with E-state index in [4.69, 9.17) is 4.74 Å². The Bertz CT molecular complexity index is 816. The molecule has 0 saturated carbocycles. The van der Waals surface area contributed by atoms with Crippen molar-refractivity contribution in [3.8, 4) is 5.75 Å². The van der Waals surface area contributed by atoms with Gasteiger partial charge in [-0.2, -0.15) is 13.2 Å². The number of hydrogen-bond acceptors (Lipinski definition) is 3. The quantitative estimate of drug-likeness (QED) is 0.734. The van der Waals surface area contributed by atoms with Gasteiger partial charge in [0.05, 0.1) is 5.56 Å². The summed E-state index contributed by atoms with van der Waals surface area (Å²) in [6, 6.07) is 10.6. The van der Waals surface area contributed by atoms with Crippen molar-refractivity contribution in [2.75, 3.05) is 31.1 Å². The first kappa shape index (κ1) is 20.0. The summed E-state index contributed by atoms with van der Waals surface area (Å²) in [7, 11) is 0. The van der Waals surface area contributed by atoms with E-state index in [0.29, 0.717) is 37.6 Å². The monoisotopic (exact) mass is 396 g/mol. The maximum atomic E-state index is 12.9. The molecule has 1 fully saturated rings. The highest BCUT2D eigenvalue weighted by Gasteiger charge is 2.31. The molecule has 4 nitrogen and oxygen atoms in total. The third-order valence-electron chi connectivity index (χ3n) is 4.60. The molecule has 1 heterocycles. The van der Waals surface area contributed by atoms with Gasteiger partial charge in [0.2, 0.25) is 0 Å². The lowest BCUT2D eigenvalue weighted by Crippen LogP contribution is -2.52. The Balaban J connectivity index is 1.57. The maximum absolute atomic E-state index is 12.9. The molecule has 0 N–H and O–H groups in total. The number of carbonyl (C=O) groups is 1. The standard InChI is InChI=1S/C20H20F4N2O2/c1-14(28-18-7-5-16(21)6-8-18)19(27)26-11-9-25(10-12-26)17-4-2-3-15(13-17)20(22,23)24/h2-8,13-14H,9-12H2,1H3/t14-/m1/s1. The summed E-state index contributed by atoms with van der Waals surface area (Å²) in [5.74, 6) is -0.213. The Hall–Kier alpha value is -2.77. The maximum Gasteiger partial charge on any atom is 0.416 e. The molecular formula is C20H20F4N2O2. The molecule has 0 aromatic heterocycles. The molecule has 1 amide bonds. The summed E-state index contributed by atoms with van der Waals surface area (Å²) in [5, 5.41) is 0. The van der Waals surface area contributed by atoms with Crippen molar-refractivity contribution in [2.45, 2.75) is 19.2 Å². The van der Waals surface area contributed by atoms with E-state index < -0.39 is 23.7 Å². The lowest BCUT2D eigenvalue weighted by molar-refractivity contribution is -0.138. The molecular weight excluding hydrogens is 376 g/mol. The molecule has 0 bridgehead atoms. The van der Waals surface area contributed by atoms with Gasteiger partial charge in [-0.1, -0.05) is 6.07 Å². The van der Waals surface area contributed by atoms with Gasteiger partial charge in [-0.3, -0.25) is 4.79 Å². The van der Waals surface area contributed by atoms with Crippen LogP contribution < -0.4 is 9.64 Å². The van der Waals surface area contributed by atoms with E-state index in [1.54, 1.807) is 17.9 Å². The third kappa shape index (κ3) is 4.74. The highest BCUT2D eigenvalue weighted by molar-refractivity contribution is 5.81. The van der Waals surface area contributed by atoms with Gasteiger partial charge in [0.25, 0.3) is 5.91 Å². The zero-order valence-corrected chi connectivity index (χ0v) is 15.2. The Kier molecular flexibility index (Phi) is 5.76. The van der Waals surface area contributed by atoms with E-state index in [-0.39, 0.29) is 5.91 Å². The summed E-state index contributed by atoms with van der Waals surface area (Å²) in [6.07, 6.45) is -5.13. The van der Waals surface area contributed by atoms with Crippen LogP contribution in [0.25, 0.3) is 0 Å². The summed E-state index contributed by atoms with van der Waals surface area (Å²) in [4.78, 5) is 16.0. The van der Waals surface area contributed by atoms with Crippen LogP contribution in [0.2, 0.25) is 0 Å². The molecule has 0 radical (unpaired) electrons. The minimum absolute atomic E-state index is 0.215. The number of benzene rings is 2. The predicted molar refractivity (Wildman–Crippen MR) is 96.7 cm³/mol. The highest BCUT2D eigenvalue weighted by Crippen LogP contribution is 2.31. The minimum Gasteiger partial charge on any atom is -0.481 e. The van der Waals surface area contributed by atoms with E-state index in [1.165, 1.54) is 30.3 Å². The topological polar surface area (TPSA) is 32.8 Å². The van der Waals surface area contributed by atoms with E-state index in [2.05, 4.69) is 0 Å². The number of hydrogen-bond donors (Lipinski definition) is 0. The Morgan fingerprint density at radius 1 is 1.04 bits per heavy atom. The molecule has 0 aliphatic carbocycles. The molecule has 0 unspecified atom stereocenters. The largest absolute Gasteiger partial charge is 0.481 e. The second-order valence-electron chi connectivity index (χ2n) is 6.57. The van der Waals surface area contributed by atoms with Crippen LogP contribution in [0, 0.1) is 5.82 Å². The number of rotatable bonds is 4. The van der Waals surface area contributed by atoms with Crippen LogP contribution in [0.1, 0.15) is 12.5 Å². The normalized spacial score (nSPS) is 16.0. The van der Waals surface area contributed by atoms with Gasteiger partial charge in [-0.05, 0) is 49.4 Å². The van der Waals surface area contributed by atoms with Crippen molar-refractivity contribution in [2.24, 2.45) is 0 Å². The molecule has 1 saturated heterocycles. The van der Waals surface area contributed by atoms with Crippen molar-refractivity contribution >= 4 is 11.6 Å². The number of ether oxygens (including phenoxy) is 1. The van der Waals surface area contributed by atoms with Crippen LogP contribution in [-0.4, -0.2) is 43.1 Å². The lowest BCUT2D eigenvalue weighted by atomic mass is 10.1. The Labute approximate surface area is 160 Å². The fraction of sp³-hybridized carbons (Fsp3) is 0.350. The number of anilines is 1. The summed E-state index contributed by atoms with van der Waals surface area (Å²) in [6.45, 7) is 3.23. The van der Waals surface area contributed by atoms with Gasteiger partial charge < -0.3 is 14.5 Å².